The molecule has 0 bridgehead atoms. The van der Waals surface area contributed by atoms with Crippen molar-refractivity contribution in [1.82, 2.24) is 4.90 Å². The minimum absolute atomic E-state index is 0.213. The second-order valence-electron chi connectivity index (χ2n) is 8.47. The predicted molar refractivity (Wildman–Crippen MR) is 121 cm³/mol. The molecule has 4 rings (SSSR count). The Morgan fingerprint density at radius 1 is 1.00 bits per heavy atom. The Bertz CT molecular complexity index is 1040. The highest BCUT2D eigenvalue weighted by molar-refractivity contribution is 8.00. The van der Waals surface area contributed by atoms with E-state index < -0.39 is 18.1 Å². The van der Waals surface area contributed by atoms with Crippen molar-refractivity contribution in [3.63, 3.8) is 0 Å². The molecule has 1 aliphatic heterocycles. The lowest BCUT2D eigenvalue weighted by molar-refractivity contribution is -0.145. The van der Waals surface area contributed by atoms with Gasteiger partial charge < -0.3 is 14.6 Å². The first kappa shape index (κ1) is 22.5. The number of fused-ring (bicyclic) bond motifs is 2. The van der Waals surface area contributed by atoms with Crippen molar-refractivity contribution in [3.8, 4) is 0 Å². The Balaban J connectivity index is 1.54. The van der Waals surface area contributed by atoms with Crippen molar-refractivity contribution in [2.45, 2.75) is 41.9 Å². The van der Waals surface area contributed by atoms with Crippen LogP contribution in [0.5, 0.6) is 0 Å². The zero-order valence-corrected chi connectivity index (χ0v) is 19.0. The van der Waals surface area contributed by atoms with Crippen LogP contribution in [0.3, 0.4) is 0 Å². The number of aliphatic carboxylic acids is 1. The SMILES string of the molecule is COC(=O)c1cc2ccccc2cc1SC1CCC2CN(C(=O)OC)C(C(=O)O)CC2C1. The first-order chi connectivity index (χ1) is 15.4. The fourth-order valence-electron chi connectivity index (χ4n) is 5.03. The van der Waals surface area contributed by atoms with Crippen molar-refractivity contribution in [2.24, 2.45) is 11.8 Å². The van der Waals surface area contributed by atoms with Gasteiger partial charge >= 0.3 is 18.0 Å². The number of amides is 1. The molecule has 2 fully saturated rings. The van der Waals surface area contributed by atoms with E-state index in [1.807, 2.05) is 36.4 Å². The van der Waals surface area contributed by atoms with Crippen LogP contribution in [0.4, 0.5) is 4.79 Å². The molecule has 2 aromatic carbocycles. The quantitative estimate of drug-likeness (QED) is 0.679. The fourth-order valence-corrected chi connectivity index (χ4v) is 6.45. The normalized spacial score (nSPS) is 25.1. The maximum Gasteiger partial charge on any atom is 0.410 e. The molecule has 4 unspecified atom stereocenters. The largest absolute Gasteiger partial charge is 0.480 e. The summed E-state index contributed by atoms with van der Waals surface area (Å²) in [5.74, 6) is -0.876. The number of nitrogens with zero attached hydrogens (tertiary/aromatic N) is 1. The molecule has 4 atom stereocenters. The molecular formula is C24H27NO6S. The van der Waals surface area contributed by atoms with Crippen LogP contribution >= 0.6 is 11.8 Å². The standard InChI is InChI=1S/C24H27NO6S/c1-30-23(28)19-10-14-5-3-4-6-15(14)12-21(19)32-18-8-7-16-13-25(24(29)31-2)20(22(26)27)11-17(16)9-18/h3-6,10,12,16-18,20H,7-9,11,13H2,1-2H3,(H,26,27). The van der Waals surface area contributed by atoms with E-state index in [4.69, 9.17) is 9.47 Å². The van der Waals surface area contributed by atoms with Crippen LogP contribution in [-0.4, -0.2) is 60.1 Å². The Morgan fingerprint density at radius 3 is 2.38 bits per heavy atom. The van der Waals surface area contributed by atoms with Gasteiger partial charge in [-0.2, -0.15) is 0 Å². The van der Waals surface area contributed by atoms with Gasteiger partial charge in [-0.05, 0) is 60.4 Å². The Morgan fingerprint density at radius 2 is 1.72 bits per heavy atom. The lowest BCUT2D eigenvalue weighted by Gasteiger charge is -2.45. The third-order valence-electron chi connectivity index (χ3n) is 6.67. The highest BCUT2D eigenvalue weighted by Crippen LogP contribution is 2.45. The second kappa shape index (κ2) is 9.40. The van der Waals surface area contributed by atoms with Crippen LogP contribution < -0.4 is 0 Å². The molecule has 170 valence electrons. The number of piperidine rings is 1. The van der Waals surface area contributed by atoms with Gasteiger partial charge in [0.2, 0.25) is 0 Å². The number of carboxylic acid groups (broad SMARTS) is 1. The second-order valence-corrected chi connectivity index (χ2v) is 9.81. The van der Waals surface area contributed by atoms with Crippen LogP contribution in [0.15, 0.2) is 41.3 Å². The van der Waals surface area contributed by atoms with Crippen LogP contribution in [0, 0.1) is 11.8 Å². The van der Waals surface area contributed by atoms with E-state index in [0.29, 0.717) is 18.5 Å². The number of thioether (sulfide) groups is 1. The molecule has 1 heterocycles. The molecule has 1 saturated heterocycles. The Hall–Kier alpha value is -2.74. The number of carbonyl (C=O) groups is 3. The van der Waals surface area contributed by atoms with E-state index in [1.165, 1.54) is 19.1 Å². The van der Waals surface area contributed by atoms with E-state index in [0.717, 1.165) is 34.9 Å². The van der Waals surface area contributed by atoms with E-state index in [9.17, 15) is 19.5 Å². The van der Waals surface area contributed by atoms with Crippen LogP contribution in [0.25, 0.3) is 10.8 Å². The maximum atomic E-state index is 12.4. The third-order valence-corrected chi connectivity index (χ3v) is 8.02. The summed E-state index contributed by atoms with van der Waals surface area (Å²) in [6.07, 6.45) is 2.54. The van der Waals surface area contributed by atoms with Gasteiger partial charge in [0.1, 0.15) is 6.04 Å². The third kappa shape index (κ3) is 4.41. The van der Waals surface area contributed by atoms with E-state index >= 15 is 0 Å². The highest BCUT2D eigenvalue weighted by Gasteiger charge is 2.44. The zero-order chi connectivity index (χ0) is 22.8. The van der Waals surface area contributed by atoms with Crippen LogP contribution in [0.2, 0.25) is 0 Å². The summed E-state index contributed by atoms with van der Waals surface area (Å²) in [5.41, 5.74) is 0.558. The van der Waals surface area contributed by atoms with Gasteiger partial charge in [0, 0.05) is 16.7 Å². The van der Waals surface area contributed by atoms with E-state index in [-0.39, 0.29) is 23.1 Å². The summed E-state index contributed by atoms with van der Waals surface area (Å²) in [4.78, 5) is 38.6. The molecule has 0 radical (unpaired) electrons. The highest BCUT2D eigenvalue weighted by atomic mass is 32.2. The first-order valence-corrected chi connectivity index (χ1v) is 11.6. The molecule has 32 heavy (non-hydrogen) atoms. The van der Waals surface area contributed by atoms with Crippen molar-refractivity contribution >= 4 is 40.6 Å². The molecular weight excluding hydrogens is 430 g/mol. The Kier molecular flexibility index (Phi) is 6.60. The monoisotopic (exact) mass is 457 g/mol. The van der Waals surface area contributed by atoms with Gasteiger partial charge in [0.05, 0.1) is 19.8 Å². The van der Waals surface area contributed by atoms with Gasteiger partial charge in [-0.3, -0.25) is 4.90 Å². The number of benzene rings is 2. The number of ether oxygens (including phenoxy) is 2. The number of methoxy groups -OCH3 is 2. The molecule has 2 aliphatic rings. The molecule has 2 aromatic rings. The van der Waals surface area contributed by atoms with Crippen molar-refractivity contribution in [3.05, 3.63) is 42.0 Å². The van der Waals surface area contributed by atoms with Gasteiger partial charge in [-0.25, -0.2) is 14.4 Å². The molecule has 0 spiro atoms. The minimum atomic E-state index is -0.994. The van der Waals surface area contributed by atoms with Gasteiger partial charge in [-0.15, -0.1) is 11.8 Å². The van der Waals surface area contributed by atoms with Crippen LogP contribution in [-0.2, 0) is 14.3 Å². The number of likely N-dealkylation sites (tertiary alicyclic amines) is 1. The molecule has 8 heteroatoms. The molecule has 7 nitrogen and oxygen atoms in total. The van der Waals surface area contributed by atoms with Crippen molar-refractivity contribution in [1.29, 1.82) is 0 Å². The average molecular weight is 458 g/mol. The molecule has 1 aliphatic carbocycles. The van der Waals surface area contributed by atoms with Crippen molar-refractivity contribution < 1.29 is 29.0 Å². The topological polar surface area (TPSA) is 93.1 Å². The summed E-state index contributed by atoms with van der Waals surface area (Å²) >= 11 is 1.67. The van der Waals surface area contributed by atoms with Gasteiger partial charge in [0.15, 0.2) is 0 Å². The number of rotatable bonds is 4. The smallest absolute Gasteiger partial charge is 0.410 e. The molecule has 1 amide bonds. The number of carbonyl (C=O) groups excluding carboxylic acids is 2. The lowest BCUT2D eigenvalue weighted by atomic mass is 9.73. The molecule has 0 aromatic heterocycles. The van der Waals surface area contributed by atoms with Gasteiger partial charge in [-0.1, -0.05) is 24.3 Å². The lowest BCUT2D eigenvalue weighted by Crippen LogP contribution is -2.54. The zero-order valence-electron chi connectivity index (χ0n) is 18.2. The number of hydrogen-bond donors (Lipinski definition) is 1. The number of carboxylic acids is 1. The van der Waals surface area contributed by atoms with Crippen LogP contribution in [0.1, 0.15) is 36.0 Å². The average Bonchev–Trinajstić information content (AvgIpc) is 2.81. The summed E-state index contributed by atoms with van der Waals surface area (Å²) in [6.45, 7) is 0.412. The maximum absolute atomic E-state index is 12.4. The molecule has 1 saturated carbocycles. The van der Waals surface area contributed by atoms with E-state index in [1.54, 1.807) is 11.8 Å². The predicted octanol–water partition coefficient (Wildman–Crippen LogP) is 4.43. The summed E-state index contributed by atoms with van der Waals surface area (Å²) in [7, 11) is 2.67. The van der Waals surface area contributed by atoms with Crippen molar-refractivity contribution in [2.75, 3.05) is 20.8 Å². The first-order valence-electron chi connectivity index (χ1n) is 10.8. The molecule has 1 N–H and O–H groups in total. The summed E-state index contributed by atoms with van der Waals surface area (Å²) < 4.78 is 9.83. The number of esters is 1. The van der Waals surface area contributed by atoms with Gasteiger partial charge in [0.25, 0.3) is 0 Å². The summed E-state index contributed by atoms with van der Waals surface area (Å²) in [6, 6.07) is 11.0. The summed E-state index contributed by atoms with van der Waals surface area (Å²) in [5, 5.41) is 12.0. The Labute approximate surface area is 191 Å². The number of hydrogen-bond acceptors (Lipinski definition) is 6. The van der Waals surface area contributed by atoms with E-state index in [2.05, 4.69) is 0 Å². The minimum Gasteiger partial charge on any atom is -0.480 e. The fraction of sp³-hybridized carbons (Fsp3) is 0.458.